The monoisotopic (exact) mass is 236 g/mol. The number of imidazole rings is 1. The largest absolute Gasteiger partial charge is 0.347 e. The molecule has 0 aliphatic carbocycles. The van der Waals surface area contributed by atoms with E-state index in [0.717, 1.165) is 25.3 Å². The Hall–Kier alpha value is -1.36. The molecule has 17 heavy (non-hydrogen) atoms. The van der Waals surface area contributed by atoms with Gasteiger partial charge >= 0.3 is 0 Å². The molecule has 0 spiro atoms. The number of nitrogens with one attached hydrogen (secondary N) is 3. The van der Waals surface area contributed by atoms with Crippen molar-refractivity contribution in [3.8, 4) is 0 Å². The van der Waals surface area contributed by atoms with Crippen LogP contribution in [0, 0.1) is 5.92 Å². The second-order valence-corrected chi connectivity index (χ2v) is 4.68. The molecule has 0 radical (unpaired) electrons. The number of nitrogens with zero attached hydrogens (tertiary/aromatic N) is 1. The summed E-state index contributed by atoms with van der Waals surface area (Å²) in [5.41, 5.74) is 0. The molecular formula is C12H20N4O. The van der Waals surface area contributed by atoms with Crippen molar-refractivity contribution in [2.24, 2.45) is 5.92 Å². The lowest BCUT2D eigenvalue weighted by atomic mass is 9.96. The van der Waals surface area contributed by atoms with Crippen molar-refractivity contribution in [2.45, 2.75) is 32.2 Å². The third-order valence-electron chi connectivity index (χ3n) is 3.18. The Morgan fingerprint density at radius 1 is 1.71 bits per heavy atom. The average Bonchev–Trinajstić information content (AvgIpc) is 2.83. The van der Waals surface area contributed by atoms with Crippen molar-refractivity contribution < 1.29 is 4.79 Å². The van der Waals surface area contributed by atoms with Crippen LogP contribution in [-0.2, 0) is 4.79 Å². The molecule has 2 rings (SSSR count). The van der Waals surface area contributed by atoms with Gasteiger partial charge in [0.15, 0.2) is 0 Å². The Balaban J connectivity index is 1.76. The zero-order valence-electron chi connectivity index (χ0n) is 10.2. The highest BCUT2D eigenvalue weighted by atomic mass is 16.1. The summed E-state index contributed by atoms with van der Waals surface area (Å²) in [5.74, 6) is 1.40. The standard InChI is InChI=1S/C12H20N4O/c1-9(12-14-5-6-15-12)16-11(17)7-10-3-2-4-13-8-10/h5-6,9-10,13H,2-4,7-8H2,1H3,(H,14,15)(H,16,17). The Bertz CT molecular complexity index is 343. The highest BCUT2D eigenvalue weighted by Crippen LogP contribution is 2.14. The van der Waals surface area contributed by atoms with E-state index in [0.29, 0.717) is 12.3 Å². The second-order valence-electron chi connectivity index (χ2n) is 4.68. The van der Waals surface area contributed by atoms with Crippen LogP contribution in [0.15, 0.2) is 12.4 Å². The molecule has 0 bridgehead atoms. The molecule has 1 aliphatic rings. The number of aromatic nitrogens is 2. The van der Waals surface area contributed by atoms with Gasteiger partial charge in [0, 0.05) is 18.8 Å². The van der Waals surface area contributed by atoms with Gasteiger partial charge in [-0.1, -0.05) is 0 Å². The van der Waals surface area contributed by atoms with Crippen molar-refractivity contribution >= 4 is 5.91 Å². The molecule has 0 aromatic carbocycles. The molecule has 1 aromatic rings. The first-order chi connectivity index (χ1) is 8.25. The van der Waals surface area contributed by atoms with Gasteiger partial charge in [0.1, 0.15) is 5.82 Å². The van der Waals surface area contributed by atoms with Crippen LogP contribution in [0.3, 0.4) is 0 Å². The molecule has 2 heterocycles. The lowest BCUT2D eigenvalue weighted by molar-refractivity contribution is -0.122. The van der Waals surface area contributed by atoms with Crippen LogP contribution in [0.2, 0.25) is 0 Å². The predicted molar refractivity (Wildman–Crippen MR) is 65.4 cm³/mol. The van der Waals surface area contributed by atoms with E-state index >= 15 is 0 Å². The Morgan fingerprint density at radius 3 is 3.24 bits per heavy atom. The first kappa shape index (κ1) is 12.1. The lowest BCUT2D eigenvalue weighted by Gasteiger charge is -2.22. The lowest BCUT2D eigenvalue weighted by Crippen LogP contribution is -2.35. The Kier molecular flexibility index (Phi) is 4.14. The van der Waals surface area contributed by atoms with Crippen molar-refractivity contribution in [3.05, 3.63) is 18.2 Å². The zero-order chi connectivity index (χ0) is 12.1. The van der Waals surface area contributed by atoms with Gasteiger partial charge in [-0.3, -0.25) is 4.79 Å². The smallest absolute Gasteiger partial charge is 0.220 e. The average molecular weight is 236 g/mol. The molecule has 2 atom stereocenters. The van der Waals surface area contributed by atoms with E-state index in [4.69, 9.17) is 0 Å². The molecule has 2 unspecified atom stereocenters. The number of H-pyrrole nitrogens is 1. The summed E-state index contributed by atoms with van der Waals surface area (Å²) < 4.78 is 0. The third kappa shape index (κ3) is 3.56. The number of aromatic amines is 1. The molecule has 0 saturated carbocycles. The fourth-order valence-corrected chi connectivity index (χ4v) is 2.24. The normalized spacial score (nSPS) is 22.1. The summed E-state index contributed by atoms with van der Waals surface area (Å²) in [5, 5.41) is 6.29. The van der Waals surface area contributed by atoms with Gasteiger partial charge in [-0.15, -0.1) is 0 Å². The summed E-state index contributed by atoms with van der Waals surface area (Å²) in [6.07, 6.45) is 6.39. The molecule has 5 heteroatoms. The van der Waals surface area contributed by atoms with Gasteiger partial charge in [-0.05, 0) is 38.8 Å². The third-order valence-corrected chi connectivity index (χ3v) is 3.18. The number of carbonyl (C=O) groups is 1. The molecule has 1 saturated heterocycles. The van der Waals surface area contributed by atoms with E-state index in [1.165, 1.54) is 6.42 Å². The minimum atomic E-state index is -0.0472. The number of rotatable bonds is 4. The topological polar surface area (TPSA) is 69.8 Å². The maximum absolute atomic E-state index is 11.8. The van der Waals surface area contributed by atoms with E-state index in [9.17, 15) is 4.79 Å². The van der Waals surface area contributed by atoms with Crippen molar-refractivity contribution in [3.63, 3.8) is 0 Å². The van der Waals surface area contributed by atoms with Crippen LogP contribution < -0.4 is 10.6 Å². The molecule has 5 nitrogen and oxygen atoms in total. The summed E-state index contributed by atoms with van der Waals surface area (Å²) in [6, 6.07) is -0.0472. The van der Waals surface area contributed by atoms with Gasteiger partial charge in [-0.25, -0.2) is 4.98 Å². The first-order valence-electron chi connectivity index (χ1n) is 6.25. The number of piperidine rings is 1. The van der Waals surface area contributed by atoms with Crippen LogP contribution in [0.25, 0.3) is 0 Å². The van der Waals surface area contributed by atoms with Gasteiger partial charge in [0.25, 0.3) is 0 Å². The maximum atomic E-state index is 11.8. The SMILES string of the molecule is CC(NC(=O)CC1CCCNC1)c1ncc[nH]1. The van der Waals surface area contributed by atoms with Crippen molar-refractivity contribution in [1.29, 1.82) is 0 Å². The quantitative estimate of drug-likeness (QED) is 0.729. The van der Waals surface area contributed by atoms with Crippen LogP contribution in [0.1, 0.15) is 38.1 Å². The van der Waals surface area contributed by atoms with Crippen LogP contribution in [0.4, 0.5) is 0 Å². The fourth-order valence-electron chi connectivity index (χ4n) is 2.24. The minimum Gasteiger partial charge on any atom is -0.347 e. The van der Waals surface area contributed by atoms with E-state index in [-0.39, 0.29) is 11.9 Å². The summed E-state index contributed by atoms with van der Waals surface area (Å²) in [4.78, 5) is 19.0. The Labute approximate surface area is 101 Å². The summed E-state index contributed by atoms with van der Waals surface area (Å²) in [6.45, 7) is 3.99. The van der Waals surface area contributed by atoms with Gasteiger partial charge in [-0.2, -0.15) is 0 Å². The van der Waals surface area contributed by atoms with E-state index in [1.807, 2.05) is 6.92 Å². The van der Waals surface area contributed by atoms with E-state index in [2.05, 4.69) is 20.6 Å². The van der Waals surface area contributed by atoms with Gasteiger partial charge < -0.3 is 15.6 Å². The highest BCUT2D eigenvalue weighted by molar-refractivity contribution is 5.76. The van der Waals surface area contributed by atoms with Crippen molar-refractivity contribution in [1.82, 2.24) is 20.6 Å². The fraction of sp³-hybridized carbons (Fsp3) is 0.667. The zero-order valence-corrected chi connectivity index (χ0v) is 10.2. The van der Waals surface area contributed by atoms with Crippen LogP contribution in [0.5, 0.6) is 0 Å². The number of carbonyl (C=O) groups excluding carboxylic acids is 1. The summed E-state index contributed by atoms with van der Waals surface area (Å²) >= 11 is 0. The van der Waals surface area contributed by atoms with Gasteiger partial charge in [0.05, 0.1) is 6.04 Å². The minimum absolute atomic E-state index is 0.0472. The first-order valence-corrected chi connectivity index (χ1v) is 6.25. The second kappa shape index (κ2) is 5.82. The number of amides is 1. The Morgan fingerprint density at radius 2 is 2.59 bits per heavy atom. The van der Waals surface area contributed by atoms with E-state index < -0.39 is 0 Å². The number of hydrogen-bond acceptors (Lipinski definition) is 3. The van der Waals surface area contributed by atoms with Crippen LogP contribution in [-0.4, -0.2) is 29.0 Å². The molecule has 1 aromatic heterocycles. The van der Waals surface area contributed by atoms with Crippen molar-refractivity contribution in [2.75, 3.05) is 13.1 Å². The number of hydrogen-bond donors (Lipinski definition) is 3. The molecule has 1 fully saturated rings. The molecule has 1 aliphatic heterocycles. The molecule has 3 N–H and O–H groups in total. The van der Waals surface area contributed by atoms with Gasteiger partial charge in [0.2, 0.25) is 5.91 Å². The summed E-state index contributed by atoms with van der Waals surface area (Å²) in [7, 11) is 0. The van der Waals surface area contributed by atoms with E-state index in [1.54, 1.807) is 12.4 Å². The highest BCUT2D eigenvalue weighted by Gasteiger charge is 2.18. The van der Waals surface area contributed by atoms with Crippen LogP contribution >= 0.6 is 0 Å². The molecule has 94 valence electrons. The molecular weight excluding hydrogens is 216 g/mol. The predicted octanol–water partition coefficient (Wildman–Crippen LogP) is 0.977. The molecule has 1 amide bonds. The maximum Gasteiger partial charge on any atom is 0.220 e.